The summed E-state index contributed by atoms with van der Waals surface area (Å²) in [6.07, 6.45) is 2.78. The Morgan fingerprint density at radius 3 is 2.83 bits per heavy atom. The third-order valence-corrected chi connectivity index (χ3v) is 1.53. The maximum Gasteiger partial charge on any atom is 0.266 e. The zero-order valence-corrected chi connectivity index (χ0v) is 6.69. The largest absolute Gasteiger partial charge is 0.422 e. The summed E-state index contributed by atoms with van der Waals surface area (Å²) < 4.78 is 4.93. The van der Waals surface area contributed by atoms with Crippen LogP contribution >= 0.6 is 11.6 Å². The van der Waals surface area contributed by atoms with E-state index in [4.69, 9.17) is 16.0 Å². The molecule has 2 heterocycles. The summed E-state index contributed by atoms with van der Waals surface area (Å²) in [5, 5.41) is 7.81. The number of aromatic nitrogens is 3. The highest BCUT2D eigenvalue weighted by Gasteiger charge is 2.03. The maximum absolute atomic E-state index is 5.64. The highest BCUT2D eigenvalue weighted by Crippen LogP contribution is 2.14. The molecule has 2 rings (SSSR count). The van der Waals surface area contributed by atoms with Crippen LogP contribution in [0.5, 0.6) is 0 Å². The molecular weight excluding hydrogens is 178 g/mol. The molecule has 0 fully saturated rings. The quantitative estimate of drug-likeness (QED) is 0.673. The van der Waals surface area contributed by atoms with Crippen molar-refractivity contribution >= 4 is 11.6 Å². The summed E-state index contributed by atoms with van der Waals surface area (Å²) in [6.45, 7) is 0. The topological polar surface area (TPSA) is 51.8 Å². The van der Waals surface area contributed by atoms with Crippen molar-refractivity contribution in [1.82, 2.24) is 15.2 Å². The molecule has 4 nitrogen and oxygen atoms in total. The third kappa shape index (κ3) is 1.29. The van der Waals surface area contributed by atoms with E-state index >= 15 is 0 Å². The fourth-order valence-electron chi connectivity index (χ4n) is 0.787. The molecule has 0 radical (unpaired) electrons. The molecule has 0 unspecified atom stereocenters. The van der Waals surface area contributed by atoms with Crippen molar-refractivity contribution in [1.29, 1.82) is 0 Å². The molecule has 0 saturated heterocycles. The molecule has 5 heteroatoms. The second-order valence-electron chi connectivity index (χ2n) is 2.11. The van der Waals surface area contributed by atoms with Crippen molar-refractivity contribution in [2.45, 2.75) is 0 Å². The molecule has 0 aliphatic heterocycles. The lowest BCUT2D eigenvalue weighted by Gasteiger charge is -1.91. The summed E-state index contributed by atoms with van der Waals surface area (Å²) in [6, 6.07) is 3.43. The van der Waals surface area contributed by atoms with Gasteiger partial charge in [-0.1, -0.05) is 11.6 Å². The zero-order valence-electron chi connectivity index (χ0n) is 5.94. The molecule has 2 aromatic rings. The summed E-state index contributed by atoms with van der Waals surface area (Å²) in [4.78, 5) is 3.99. The number of hydrogen-bond donors (Lipinski definition) is 0. The number of halogens is 1. The number of hydrogen-bond acceptors (Lipinski definition) is 4. The Morgan fingerprint density at radius 2 is 2.25 bits per heavy atom. The number of pyridine rings is 1. The Labute approximate surface area is 73.2 Å². The molecule has 0 saturated carbocycles. The van der Waals surface area contributed by atoms with E-state index in [0.29, 0.717) is 16.6 Å². The van der Waals surface area contributed by atoms with Gasteiger partial charge in [0.15, 0.2) is 0 Å². The smallest absolute Gasteiger partial charge is 0.266 e. The van der Waals surface area contributed by atoms with Gasteiger partial charge >= 0.3 is 0 Å². The average Bonchev–Trinajstić information content (AvgIpc) is 2.58. The molecule has 0 N–H and O–H groups in total. The van der Waals surface area contributed by atoms with Gasteiger partial charge in [-0.2, -0.15) is 0 Å². The van der Waals surface area contributed by atoms with E-state index < -0.39 is 0 Å². The molecule has 0 aromatic carbocycles. The van der Waals surface area contributed by atoms with E-state index in [0.717, 1.165) is 0 Å². The minimum atomic E-state index is 0.395. The van der Waals surface area contributed by atoms with Crippen LogP contribution in [0.1, 0.15) is 0 Å². The van der Waals surface area contributed by atoms with Crippen molar-refractivity contribution < 1.29 is 4.42 Å². The van der Waals surface area contributed by atoms with Gasteiger partial charge in [0.1, 0.15) is 5.69 Å². The molecule has 0 aliphatic rings. The SMILES string of the molecule is Clc1ccc(-c2nnco2)nc1. The minimum Gasteiger partial charge on any atom is -0.422 e. The first kappa shape index (κ1) is 7.24. The van der Waals surface area contributed by atoms with Gasteiger partial charge in [-0.25, -0.2) is 4.98 Å². The first-order valence-corrected chi connectivity index (χ1v) is 3.62. The monoisotopic (exact) mass is 181 g/mol. The average molecular weight is 182 g/mol. The van der Waals surface area contributed by atoms with Crippen LogP contribution in [0.4, 0.5) is 0 Å². The standard InChI is InChI=1S/C7H4ClN3O/c8-5-1-2-6(9-3-5)7-11-10-4-12-7/h1-4H. The first-order chi connectivity index (χ1) is 5.86. The van der Waals surface area contributed by atoms with Crippen LogP contribution < -0.4 is 0 Å². The lowest BCUT2D eigenvalue weighted by molar-refractivity contribution is 0.566. The van der Waals surface area contributed by atoms with Gasteiger partial charge in [-0.05, 0) is 12.1 Å². The molecule has 60 valence electrons. The Bertz CT molecular complexity index is 357. The zero-order chi connectivity index (χ0) is 8.39. The van der Waals surface area contributed by atoms with E-state index in [1.54, 1.807) is 12.1 Å². The van der Waals surface area contributed by atoms with Gasteiger partial charge in [-0.3, -0.25) is 0 Å². The van der Waals surface area contributed by atoms with Crippen LogP contribution in [0.3, 0.4) is 0 Å². The van der Waals surface area contributed by atoms with Gasteiger partial charge in [0, 0.05) is 6.20 Å². The second-order valence-corrected chi connectivity index (χ2v) is 2.54. The van der Waals surface area contributed by atoms with Crippen molar-refractivity contribution in [2.24, 2.45) is 0 Å². The fourth-order valence-corrected chi connectivity index (χ4v) is 0.899. The van der Waals surface area contributed by atoms with Crippen molar-refractivity contribution in [3.63, 3.8) is 0 Å². The molecule has 0 spiro atoms. The van der Waals surface area contributed by atoms with Crippen LogP contribution in [-0.4, -0.2) is 15.2 Å². The summed E-state index contributed by atoms with van der Waals surface area (Å²) >= 11 is 5.64. The predicted molar refractivity (Wildman–Crippen MR) is 42.5 cm³/mol. The molecule has 0 aliphatic carbocycles. The predicted octanol–water partition coefficient (Wildman–Crippen LogP) is 1.78. The van der Waals surface area contributed by atoms with Crippen LogP contribution in [0, 0.1) is 0 Å². The lowest BCUT2D eigenvalue weighted by atomic mass is 10.3. The molecule has 12 heavy (non-hydrogen) atoms. The Balaban J connectivity index is 2.43. The molecule has 0 amide bonds. The van der Waals surface area contributed by atoms with Gasteiger partial charge in [-0.15, -0.1) is 10.2 Å². The van der Waals surface area contributed by atoms with Crippen LogP contribution in [-0.2, 0) is 0 Å². The lowest BCUT2D eigenvalue weighted by Crippen LogP contribution is -1.81. The van der Waals surface area contributed by atoms with Crippen LogP contribution in [0.15, 0.2) is 29.1 Å². The molecule has 0 atom stereocenters. The second kappa shape index (κ2) is 2.91. The number of rotatable bonds is 1. The Kier molecular flexibility index (Phi) is 1.75. The third-order valence-electron chi connectivity index (χ3n) is 1.31. The van der Waals surface area contributed by atoms with E-state index in [1.165, 1.54) is 12.6 Å². The van der Waals surface area contributed by atoms with Crippen molar-refractivity contribution in [2.75, 3.05) is 0 Å². The normalized spacial score (nSPS) is 10.1. The van der Waals surface area contributed by atoms with Gasteiger partial charge < -0.3 is 4.42 Å². The number of nitrogens with zero attached hydrogens (tertiary/aromatic N) is 3. The highest BCUT2D eigenvalue weighted by atomic mass is 35.5. The van der Waals surface area contributed by atoms with Gasteiger partial charge in [0.2, 0.25) is 6.39 Å². The summed E-state index contributed by atoms with van der Waals surface area (Å²) in [5.41, 5.74) is 0.622. The summed E-state index contributed by atoms with van der Waals surface area (Å²) in [5.74, 6) is 0.395. The van der Waals surface area contributed by atoms with Crippen LogP contribution in [0.25, 0.3) is 11.6 Å². The molecular formula is C7H4ClN3O. The molecule has 0 bridgehead atoms. The van der Waals surface area contributed by atoms with E-state index in [2.05, 4.69) is 15.2 Å². The van der Waals surface area contributed by atoms with Crippen molar-refractivity contribution in [3.8, 4) is 11.6 Å². The van der Waals surface area contributed by atoms with Crippen LogP contribution in [0.2, 0.25) is 5.02 Å². The molecule has 2 aromatic heterocycles. The van der Waals surface area contributed by atoms with Gasteiger partial charge in [0.05, 0.1) is 5.02 Å². The maximum atomic E-state index is 5.64. The Morgan fingerprint density at radius 1 is 1.33 bits per heavy atom. The highest BCUT2D eigenvalue weighted by molar-refractivity contribution is 6.30. The first-order valence-electron chi connectivity index (χ1n) is 3.24. The van der Waals surface area contributed by atoms with E-state index in [9.17, 15) is 0 Å². The minimum absolute atomic E-state index is 0.395. The Hall–Kier alpha value is -1.42. The van der Waals surface area contributed by atoms with E-state index in [-0.39, 0.29) is 0 Å². The van der Waals surface area contributed by atoms with Gasteiger partial charge in [0.25, 0.3) is 5.89 Å². The fraction of sp³-hybridized carbons (Fsp3) is 0. The van der Waals surface area contributed by atoms with Crippen molar-refractivity contribution in [3.05, 3.63) is 29.7 Å². The van der Waals surface area contributed by atoms with E-state index in [1.807, 2.05) is 0 Å². The summed E-state index contributed by atoms with van der Waals surface area (Å²) in [7, 11) is 0.